The van der Waals surface area contributed by atoms with Crippen LogP contribution in [0.5, 0.6) is 0 Å². The molecule has 75 valence electrons. The van der Waals surface area contributed by atoms with Crippen molar-refractivity contribution in [3.63, 3.8) is 0 Å². The van der Waals surface area contributed by atoms with Crippen molar-refractivity contribution in [2.45, 2.75) is 52.6 Å². The number of nitrogens with zero attached hydrogens (tertiary/aromatic N) is 1. The van der Waals surface area contributed by atoms with Gasteiger partial charge in [-0.3, -0.25) is 4.79 Å². The van der Waals surface area contributed by atoms with Gasteiger partial charge in [-0.2, -0.15) is 0 Å². The molecule has 0 saturated carbocycles. The Kier molecular flexibility index (Phi) is 3.31. The molecule has 0 aliphatic heterocycles. The van der Waals surface area contributed by atoms with Crippen LogP contribution in [0.1, 0.15) is 41.5 Å². The van der Waals surface area contributed by atoms with Gasteiger partial charge in [-0.25, -0.2) is 0 Å². The molecule has 0 fully saturated rings. The molecule has 0 N–H and O–H groups in total. The van der Waals surface area contributed by atoms with Crippen LogP contribution in [0.25, 0.3) is 0 Å². The molecule has 1 radical (unpaired) electrons. The van der Waals surface area contributed by atoms with E-state index >= 15 is 0 Å². The van der Waals surface area contributed by atoms with E-state index in [1.54, 1.807) is 4.90 Å². The first-order valence-electron chi connectivity index (χ1n) is 4.48. The summed E-state index contributed by atoms with van der Waals surface area (Å²) >= 11 is 0. The molecular weight excluding hydrogens is 162 g/mol. The second-order valence-electron chi connectivity index (χ2n) is 5.16. The summed E-state index contributed by atoms with van der Waals surface area (Å²) in [5.41, 5.74) is -0.389. The number of hydrogen-bond acceptors (Lipinski definition) is 1. The Labute approximate surface area is 81.6 Å². The van der Waals surface area contributed by atoms with Gasteiger partial charge in [-0.1, -0.05) is 6.58 Å². The topological polar surface area (TPSA) is 20.3 Å². The molecular formula is C11H20NO. The average molecular weight is 182 g/mol. The minimum absolute atomic E-state index is 0.139. The van der Waals surface area contributed by atoms with Gasteiger partial charge < -0.3 is 4.90 Å². The minimum Gasteiger partial charge on any atom is -0.329 e. The summed E-state index contributed by atoms with van der Waals surface area (Å²) < 4.78 is 0. The van der Waals surface area contributed by atoms with E-state index < -0.39 is 0 Å². The van der Waals surface area contributed by atoms with E-state index in [0.29, 0.717) is 0 Å². The first-order chi connectivity index (χ1) is 5.60. The Hall–Kier alpha value is -0.790. The van der Waals surface area contributed by atoms with Crippen LogP contribution in [0.4, 0.5) is 0 Å². The highest BCUT2D eigenvalue weighted by atomic mass is 16.2. The highest BCUT2D eigenvalue weighted by Crippen LogP contribution is 2.24. The maximum Gasteiger partial charge on any atom is 0.254 e. The smallest absolute Gasteiger partial charge is 0.254 e. The number of hydrogen-bond donors (Lipinski definition) is 0. The maximum atomic E-state index is 11.6. The van der Waals surface area contributed by atoms with Crippen LogP contribution >= 0.6 is 0 Å². The van der Waals surface area contributed by atoms with Crippen LogP contribution in [0.3, 0.4) is 0 Å². The lowest BCUT2D eigenvalue weighted by atomic mass is 9.96. The van der Waals surface area contributed by atoms with E-state index in [0.717, 1.165) is 0 Å². The molecule has 0 saturated heterocycles. The number of carbonyl (C=O) groups excluding carboxylic acids is 1. The van der Waals surface area contributed by atoms with Crippen molar-refractivity contribution in [3.8, 4) is 0 Å². The third-order valence-electron chi connectivity index (χ3n) is 1.70. The van der Waals surface area contributed by atoms with E-state index in [1.807, 2.05) is 41.5 Å². The summed E-state index contributed by atoms with van der Waals surface area (Å²) in [4.78, 5) is 13.3. The fourth-order valence-corrected chi connectivity index (χ4v) is 1.69. The molecule has 0 aromatic rings. The van der Waals surface area contributed by atoms with Crippen LogP contribution in [-0.4, -0.2) is 21.9 Å². The zero-order chi connectivity index (χ0) is 10.9. The largest absolute Gasteiger partial charge is 0.329 e. The first kappa shape index (κ1) is 12.2. The van der Waals surface area contributed by atoms with Gasteiger partial charge in [0.15, 0.2) is 0 Å². The summed E-state index contributed by atoms with van der Waals surface area (Å²) in [5, 5.41) is 0. The van der Waals surface area contributed by atoms with E-state index in [1.165, 1.54) is 0 Å². The molecule has 0 aromatic carbocycles. The monoisotopic (exact) mass is 182 g/mol. The number of amides is 1. The van der Waals surface area contributed by atoms with E-state index in [4.69, 9.17) is 0 Å². The van der Waals surface area contributed by atoms with Crippen molar-refractivity contribution in [3.05, 3.63) is 12.7 Å². The minimum atomic E-state index is -0.194. The third kappa shape index (κ3) is 3.21. The highest BCUT2D eigenvalue weighted by Gasteiger charge is 2.34. The fourth-order valence-electron chi connectivity index (χ4n) is 1.69. The lowest BCUT2D eigenvalue weighted by Gasteiger charge is -2.44. The predicted octanol–water partition coefficient (Wildman–Crippen LogP) is 2.40. The van der Waals surface area contributed by atoms with Gasteiger partial charge in [0, 0.05) is 17.2 Å². The Balaban J connectivity index is 5.00. The van der Waals surface area contributed by atoms with Crippen molar-refractivity contribution in [1.29, 1.82) is 0 Å². The Morgan fingerprint density at radius 2 is 1.38 bits per heavy atom. The van der Waals surface area contributed by atoms with Gasteiger partial charge in [0.25, 0.3) is 5.91 Å². The second kappa shape index (κ2) is 3.52. The van der Waals surface area contributed by atoms with Gasteiger partial charge in [0.1, 0.15) is 0 Å². The number of carbonyl (C=O) groups is 1. The van der Waals surface area contributed by atoms with E-state index in [-0.39, 0.29) is 17.0 Å². The summed E-state index contributed by atoms with van der Waals surface area (Å²) in [6.07, 6.45) is 2.42. The zero-order valence-corrected chi connectivity index (χ0v) is 9.56. The molecule has 0 bridgehead atoms. The van der Waals surface area contributed by atoms with Gasteiger partial charge in [0.2, 0.25) is 0 Å². The fraction of sp³-hybridized carbons (Fsp3) is 0.727. The van der Waals surface area contributed by atoms with Crippen molar-refractivity contribution >= 4 is 5.91 Å². The van der Waals surface area contributed by atoms with Gasteiger partial charge in [-0.15, -0.1) is 0 Å². The standard InChI is InChI=1S/C11H20NO/c1-8-9(13)12(10(2,3)4)11(5,6)7/h1H2,2-7H3. The van der Waals surface area contributed by atoms with Crippen molar-refractivity contribution in [2.75, 3.05) is 0 Å². The highest BCUT2D eigenvalue weighted by molar-refractivity contribution is 5.84. The average Bonchev–Trinajstić information content (AvgIpc) is 1.80. The molecule has 0 atom stereocenters. The van der Waals surface area contributed by atoms with Gasteiger partial charge >= 0.3 is 0 Å². The molecule has 2 nitrogen and oxygen atoms in total. The summed E-state index contributed by atoms with van der Waals surface area (Å²) in [6.45, 7) is 15.4. The Bertz CT molecular complexity index is 191. The normalized spacial score (nSPS) is 12.5. The van der Waals surface area contributed by atoms with Gasteiger partial charge in [0.05, 0.1) is 0 Å². The van der Waals surface area contributed by atoms with Crippen LogP contribution in [0.2, 0.25) is 0 Å². The van der Waals surface area contributed by atoms with Gasteiger partial charge in [-0.05, 0) is 41.5 Å². The summed E-state index contributed by atoms with van der Waals surface area (Å²) in [6, 6.07) is 0. The molecule has 0 unspecified atom stereocenters. The van der Waals surface area contributed by atoms with E-state index in [2.05, 4.69) is 12.7 Å². The lowest BCUT2D eigenvalue weighted by molar-refractivity contribution is -0.137. The summed E-state index contributed by atoms with van der Waals surface area (Å²) in [5.74, 6) is -0.139. The van der Waals surface area contributed by atoms with Crippen molar-refractivity contribution in [2.24, 2.45) is 0 Å². The van der Waals surface area contributed by atoms with Crippen LogP contribution in [0.15, 0.2) is 6.58 Å². The summed E-state index contributed by atoms with van der Waals surface area (Å²) in [7, 11) is 0. The molecule has 0 rings (SSSR count). The molecule has 0 aromatic heterocycles. The SMILES string of the molecule is C=[C]C(=O)N(C(C)(C)C)C(C)(C)C. The van der Waals surface area contributed by atoms with Crippen molar-refractivity contribution in [1.82, 2.24) is 4.90 Å². The van der Waals surface area contributed by atoms with Crippen LogP contribution in [0, 0.1) is 6.08 Å². The van der Waals surface area contributed by atoms with Crippen LogP contribution < -0.4 is 0 Å². The quantitative estimate of drug-likeness (QED) is 0.570. The van der Waals surface area contributed by atoms with Crippen LogP contribution in [-0.2, 0) is 4.79 Å². The van der Waals surface area contributed by atoms with E-state index in [9.17, 15) is 4.79 Å². The second-order valence-corrected chi connectivity index (χ2v) is 5.16. The number of rotatable bonds is 1. The molecule has 0 heterocycles. The lowest BCUT2D eigenvalue weighted by Crippen LogP contribution is -2.55. The molecule has 0 spiro atoms. The Morgan fingerprint density at radius 3 is 1.46 bits per heavy atom. The Morgan fingerprint density at radius 1 is 1.08 bits per heavy atom. The first-order valence-corrected chi connectivity index (χ1v) is 4.48. The molecule has 0 aliphatic rings. The maximum absolute atomic E-state index is 11.6. The molecule has 13 heavy (non-hydrogen) atoms. The third-order valence-corrected chi connectivity index (χ3v) is 1.70. The zero-order valence-electron chi connectivity index (χ0n) is 9.56. The molecule has 1 amide bonds. The van der Waals surface area contributed by atoms with Crippen molar-refractivity contribution < 1.29 is 4.79 Å². The molecule has 0 aliphatic carbocycles. The molecule has 2 heteroatoms. The predicted molar refractivity (Wildman–Crippen MR) is 55.2 cm³/mol.